The van der Waals surface area contributed by atoms with E-state index in [0.29, 0.717) is 11.8 Å². The number of hydrogen-bond acceptors (Lipinski definition) is 2. The van der Waals surface area contributed by atoms with Crippen LogP contribution in [0.15, 0.2) is 24.3 Å². The van der Waals surface area contributed by atoms with Gasteiger partial charge in [-0.1, -0.05) is 32.0 Å². The number of rotatable bonds is 4. The van der Waals surface area contributed by atoms with E-state index in [1.165, 1.54) is 5.56 Å². The van der Waals surface area contributed by atoms with E-state index >= 15 is 0 Å². The Morgan fingerprint density at radius 2 is 2.18 bits per heavy atom. The molecule has 0 saturated heterocycles. The molecule has 94 valence electrons. The first-order chi connectivity index (χ1) is 8.22. The van der Waals surface area contributed by atoms with Crippen LogP contribution in [0.3, 0.4) is 0 Å². The van der Waals surface area contributed by atoms with E-state index in [1.54, 1.807) is 0 Å². The van der Waals surface area contributed by atoms with Gasteiger partial charge in [-0.3, -0.25) is 0 Å². The summed E-state index contributed by atoms with van der Waals surface area (Å²) in [6.45, 7) is 4.99. The van der Waals surface area contributed by atoms with Gasteiger partial charge in [0.1, 0.15) is 5.75 Å². The maximum Gasteiger partial charge on any atom is 0.122 e. The molecule has 1 heterocycles. The highest BCUT2D eigenvalue weighted by atomic mass is 16.5. The molecule has 0 spiro atoms. The van der Waals surface area contributed by atoms with Crippen molar-refractivity contribution in [3.63, 3.8) is 0 Å². The highest BCUT2D eigenvalue weighted by Gasteiger charge is 2.24. The van der Waals surface area contributed by atoms with Crippen LogP contribution in [0.2, 0.25) is 0 Å². The number of para-hydroxylation sites is 1. The summed E-state index contributed by atoms with van der Waals surface area (Å²) in [6, 6.07) is 8.29. The zero-order chi connectivity index (χ0) is 12.3. The Morgan fingerprint density at radius 1 is 1.41 bits per heavy atom. The van der Waals surface area contributed by atoms with Crippen molar-refractivity contribution >= 4 is 0 Å². The summed E-state index contributed by atoms with van der Waals surface area (Å²) >= 11 is 0. The average Bonchev–Trinajstić information content (AvgIpc) is 2.38. The van der Waals surface area contributed by atoms with Crippen LogP contribution in [0.4, 0.5) is 0 Å². The standard InChI is InChI=1S/C15H22O2/c1-3-14(16)11(2)10-12-8-9-17-15-7-5-4-6-13(12)15/h4-7,11-12,14,16H,3,8-10H2,1-2H3. The van der Waals surface area contributed by atoms with E-state index in [9.17, 15) is 5.11 Å². The van der Waals surface area contributed by atoms with Crippen molar-refractivity contribution in [1.82, 2.24) is 0 Å². The van der Waals surface area contributed by atoms with Gasteiger partial charge >= 0.3 is 0 Å². The van der Waals surface area contributed by atoms with Crippen LogP contribution in [-0.2, 0) is 0 Å². The van der Waals surface area contributed by atoms with Gasteiger partial charge in [-0.25, -0.2) is 0 Å². The summed E-state index contributed by atoms with van der Waals surface area (Å²) < 4.78 is 5.66. The molecule has 0 radical (unpaired) electrons. The van der Waals surface area contributed by atoms with Crippen LogP contribution >= 0.6 is 0 Å². The minimum Gasteiger partial charge on any atom is -0.493 e. The highest BCUT2D eigenvalue weighted by Crippen LogP contribution is 2.37. The zero-order valence-corrected chi connectivity index (χ0v) is 10.7. The first kappa shape index (κ1) is 12.4. The fourth-order valence-corrected chi connectivity index (χ4v) is 2.67. The molecule has 1 aliphatic rings. The van der Waals surface area contributed by atoms with E-state index in [1.807, 2.05) is 19.1 Å². The molecule has 0 aliphatic carbocycles. The molecule has 1 N–H and O–H groups in total. The van der Waals surface area contributed by atoms with E-state index in [0.717, 1.165) is 31.6 Å². The molecule has 3 atom stereocenters. The Kier molecular flexibility index (Phi) is 4.06. The van der Waals surface area contributed by atoms with Crippen molar-refractivity contribution in [2.45, 2.75) is 45.1 Å². The van der Waals surface area contributed by atoms with Crippen LogP contribution in [0.25, 0.3) is 0 Å². The molecule has 3 unspecified atom stereocenters. The second-order valence-electron chi connectivity index (χ2n) is 5.06. The van der Waals surface area contributed by atoms with Crippen molar-refractivity contribution in [2.24, 2.45) is 5.92 Å². The second kappa shape index (κ2) is 5.54. The normalized spacial score (nSPS) is 22.4. The monoisotopic (exact) mass is 234 g/mol. The summed E-state index contributed by atoms with van der Waals surface area (Å²) in [6.07, 6.45) is 2.78. The lowest BCUT2D eigenvalue weighted by molar-refractivity contribution is 0.0998. The Labute approximate surface area is 104 Å². The Hall–Kier alpha value is -1.02. The lowest BCUT2D eigenvalue weighted by Gasteiger charge is -2.29. The third-order valence-corrected chi connectivity index (χ3v) is 3.81. The molecule has 0 bridgehead atoms. The van der Waals surface area contributed by atoms with Gasteiger partial charge in [0.05, 0.1) is 12.7 Å². The average molecular weight is 234 g/mol. The molecule has 17 heavy (non-hydrogen) atoms. The molecule has 1 aromatic carbocycles. The smallest absolute Gasteiger partial charge is 0.122 e. The summed E-state index contributed by atoms with van der Waals surface area (Å²) in [5.74, 6) is 1.93. The predicted octanol–water partition coefficient (Wildman–Crippen LogP) is 3.35. The van der Waals surface area contributed by atoms with Crippen LogP contribution < -0.4 is 4.74 Å². The number of aliphatic hydroxyl groups is 1. The second-order valence-corrected chi connectivity index (χ2v) is 5.06. The number of benzene rings is 1. The topological polar surface area (TPSA) is 29.5 Å². The number of aliphatic hydroxyl groups excluding tert-OH is 1. The summed E-state index contributed by atoms with van der Waals surface area (Å²) in [5.41, 5.74) is 1.31. The maximum atomic E-state index is 9.87. The van der Waals surface area contributed by atoms with E-state index < -0.39 is 0 Å². The largest absolute Gasteiger partial charge is 0.493 e. The van der Waals surface area contributed by atoms with Crippen LogP contribution in [-0.4, -0.2) is 17.8 Å². The Morgan fingerprint density at radius 3 is 2.94 bits per heavy atom. The molecule has 0 amide bonds. The van der Waals surface area contributed by atoms with Crippen molar-refractivity contribution in [3.05, 3.63) is 29.8 Å². The summed E-state index contributed by atoms with van der Waals surface area (Å²) in [5, 5.41) is 9.87. The van der Waals surface area contributed by atoms with Gasteiger partial charge in [0, 0.05) is 0 Å². The maximum absolute atomic E-state index is 9.87. The van der Waals surface area contributed by atoms with Crippen molar-refractivity contribution in [3.8, 4) is 5.75 Å². The summed E-state index contributed by atoms with van der Waals surface area (Å²) in [4.78, 5) is 0. The Bertz CT molecular complexity index is 362. The van der Waals surface area contributed by atoms with E-state index in [2.05, 4.69) is 19.1 Å². The first-order valence-electron chi connectivity index (χ1n) is 6.62. The van der Waals surface area contributed by atoms with Gasteiger partial charge in [0.25, 0.3) is 0 Å². The SMILES string of the molecule is CCC(O)C(C)CC1CCOc2ccccc21. The lowest BCUT2D eigenvalue weighted by Crippen LogP contribution is -2.22. The Balaban J connectivity index is 2.08. The molecule has 0 aromatic heterocycles. The molecular formula is C15H22O2. The van der Waals surface area contributed by atoms with Gasteiger partial charge < -0.3 is 9.84 Å². The predicted molar refractivity (Wildman–Crippen MR) is 69.4 cm³/mol. The summed E-state index contributed by atoms with van der Waals surface area (Å²) in [7, 11) is 0. The molecule has 2 heteroatoms. The van der Waals surface area contributed by atoms with Gasteiger partial charge in [-0.2, -0.15) is 0 Å². The fraction of sp³-hybridized carbons (Fsp3) is 0.600. The van der Waals surface area contributed by atoms with Crippen LogP contribution in [0.5, 0.6) is 5.75 Å². The van der Waals surface area contributed by atoms with Gasteiger partial charge in [-0.05, 0) is 42.7 Å². The third-order valence-electron chi connectivity index (χ3n) is 3.81. The van der Waals surface area contributed by atoms with Crippen molar-refractivity contribution < 1.29 is 9.84 Å². The van der Waals surface area contributed by atoms with Crippen molar-refractivity contribution in [1.29, 1.82) is 0 Å². The zero-order valence-electron chi connectivity index (χ0n) is 10.7. The third kappa shape index (κ3) is 2.81. The van der Waals surface area contributed by atoms with Gasteiger partial charge in [0.2, 0.25) is 0 Å². The van der Waals surface area contributed by atoms with Crippen LogP contribution in [0, 0.1) is 5.92 Å². The van der Waals surface area contributed by atoms with Crippen molar-refractivity contribution in [2.75, 3.05) is 6.61 Å². The quantitative estimate of drug-likeness (QED) is 0.865. The van der Waals surface area contributed by atoms with E-state index in [4.69, 9.17) is 4.74 Å². The number of ether oxygens (including phenoxy) is 1. The van der Waals surface area contributed by atoms with E-state index in [-0.39, 0.29) is 6.10 Å². The van der Waals surface area contributed by atoms with Gasteiger partial charge in [0.15, 0.2) is 0 Å². The first-order valence-corrected chi connectivity index (χ1v) is 6.62. The molecule has 1 aliphatic heterocycles. The highest BCUT2D eigenvalue weighted by molar-refractivity contribution is 5.37. The molecule has 2 rings (SSSR count). The minimum atomic E-state index is -0.176. The lowest BCUT2D eigenvalue weighted by atomic mass is 9.83. The molecule has 0 fully saturated rings. The van der Waals surface area contributed by atoms with Crippen LogP contribution in [0.1, 0.15) is 44.6 Å². The fourth-order valence-electron chi connectivity index (χ4n) is 2.67. The number of hydrogen-bond donors (Lipinski definition) is 1. The minimum absolute atomic E-state index is 0.176. The molecule has 2 nitrogen and oxygen atoms in total. The van der Waals surface area contributed by atoms with Gasteiger partial charge in [-0.15, -0.1) is 0 Å². The molecule has 1 aromatic rings. The molecular weight excluding hydrogens is 212 g/mol. The number of fused-ring (bicyclic) bond motifs is 1. The molecule has 0 saturated carbocycles.